The first-order chi connectivity index (χ1) is 12.7. The molecule has 2 aromatic rings. The number of halogens is 3. The number of rotatable bonds is 6. The monoisotopic (exact) mass is 400 g/mol. The maximum atomic E-state index is 12.6. The molecule has 3 rings (SSSR count). The van der Waals surface area contributed by atoms with Gasteiger partial charge in [0.05, 0.1) is 10.4 Å². The van der Waals surface area contributed by atoms with E-state index >= 15 is 0 Å². The SMILES string of the molecule is O=S(=O)(NCC1(c2ccccc2)CCCN1)c1ccc(OC(F)(F)F)cc1. The van der Waals surface area contributed by atoms with E-state index in [9.17, 15) is 21.6 Å². The summed E-state index contributed by atoms with van der Waals surface area (Å²) in [6, 6.07) is 13.7. The molecule has 9 heteroatoms. The quantitative estimate of drug-likeness (QED) is 0.782. The molecule has 1 saturated heterocycles. The Bertz CT molecular complexity index is 863. The number of ether oxygens (including phenoxy) is 1. The highest BCUT2D eigenvalue weighted by molar-refractivity contribution is 7.89. The van der Waals surface area contributed by atoms with Crippen LogP contribution < -0.4 is 14.8 Å². The molecule has 1 aliphatic heterocycles. The zero-order chi connectivity index (χ0) is 19.5. The van der Waals surface area contributed by atoms with E-state index in [0.717, 1.165) is 49.2 Å². The lowest BCUT2D eigenvalue weighted by Crippen LogP contribution is -2.47. The molecular formula is C18H19F3N2O3S. The standard InChI is InChI=1S/C18H19F3N2O3S/c19-18(20,21)26-15-7-9-16(10-8-15)27(24,25)23-13-17(11-4-12-22-17)14-5-2-1-3-6-14/h1-3,5-10,22-23H,4,11-13H2. The molecule has 0 bridgehead atoms. The molecule has 1 heterocycles. The first-order valence-corrected chi connectivity index (χ1v) is 9.85. The van der Waals surface area contributed by atoms with E-state index in [1.807, 2.05) is 30.3 Å². The summed E-state index contributed by atoms with van der Waals surface area (Å²) in [5, 5.41) is 3.37. The lowest BCUT2D eigenvalue weighted by Gasteiger charge is -2.30. The normalized spacial score (nSPS) is 20.6. The summed E-state index contributed by atoms with van der Waals surface area (Å²) in [6.45, 7) is 0.917. The average molecular weight is 400 g/mol. The van der Waals surface area contributed by atoms with Crippen molar-refractivity contribution in [2.24, 2.45) is 0 Å². The number of benzene rings is 2. The minimum absolute atomic E-state index is 0.127. The zero-order valence-corrected chi connectivity index (χ0v) is 15.1. The second kappa shape index (κ2) is 7.49. The zero-order valence-electron chi connectivity index (χ0n) is 14.3. The van der Waals surface area contributed by atoms with E-state index in [1.54, 1.807) is 0 Å². The third kappa shape index (κ3) is 4.79. The lowest BCUT2D eigenvalue weighted by molar-refractivity contribution is -0.274. The molecule has 0 amide bonds. The predicted molar refractivity (Wildman–Crippen MR) is 93.7 cm³/mol. The summed E-state index contributed by atoms with van der Waals surface area (Å²) in [5.41, 5.74) is 0.479. The molecule has 2 aromatic carbocycles. The molecule has 1 aliphatic rings. The van der Waals surface area contributed by atoms with Crippen LogP contribution in [0.5, 0.6) is 5.75 Å². The summed E-state index contributed by atoms with van der Waals surface area (Å²) >= 11 is 0. The molecular weight excluding hydrogens is 381 g/mol. The summed E-state index contributed by atoms with van der Waals surface area (Å²) < 4.78 is 68.1. The molecule has 2 N–H and O–H groups in total. The van der Waals surface area contributed by atoms with Crippen molar-refractivity contribution in [3.63, 3.8) is 0 Å². The van der Waals surface area contributed by atoms with Gasteiger partial charge in [0.2, 0.25) is 10.0 Å². The number of nitrogens with one attached hydrogen (secondary N) is 2. The van der Waals surface area contributed by atoms with Gasteiger partial charge >= 0.3 is 6.36 Å². The van der Waals surface area contributed by atoms with Crippen molar-refractivity contribution in [2.45, 2.75) is 29.6 Å². The summed E-state index contributed by atoms with van der Waals surface area (Å²) in [7, 11) is -3.88. The largest absolute Gasteiger partial charge is 0.573 e. The first-order valence-electron chi connectivity index (χ1n) is 8.36. The molecule has 5 nitrogen and oxygen atoms in total. The van der Waals surface area contributed by atoms with Gasteiger partial charge in [-0.05, 0) is 49.2 Å². The molecule has 27 heavy (non-hydrogen) atoms. The molecule has 0 aromatic heterocycles. The highest BCUT2D eigenvalue weighted by Gasteiger charge is 2.36. The van der Waals surface area contributed by atoms with E-state index in [0.29, 0.717) is 0 Å². The van der Waals surface area contributed by atoms with Crippen LogP contribution in [0.25, 0.3) is 0 Å². The van der Waals surface area contributed by atoms with Crippen LogP contribution in [0.1, 0.15) is 18.4 Å². The fourth-order valence-electron chi connectivity index (χ4n) is 3.18. The highest BCUT2D eigenvalue weighted by atomic mass is 32.2. The Morgan fingerprint density at radius 3 is 2.30 bits per heavy atom. The van der Waals surface area contributed by atoms with E-state index in [-0.39, 0.29) is 11.4 Å². The Balaban J connectivity index is 1.74. The summed E-state index contributed by atoms with van der Waals surface area (Å²) in [4.78, 5) is -0.127. The number of sulfonamides is 1. The molecule has 146 valence electrons. The second-order valence-electron chi connectivity index (χ2n) is 6.32. The van der Waals surface area contributed by atoms with Crippen molar-refractivity contribution in [2.75, 3.05) is 13.1 Å². The molecule has 0 radical (unpaired) electrons. The maximum absolute atomic E-state index is 12.6. The van der Waals surface area contributed by atoms with Crippen molar-refractivity contribution in [1.29, 1.82) is 0 Å². The molecule has 0 saturated carbocycles. The Hall–Kier alpha value is -2.10. The first kappa shape index (κ1) is 19.7. The fraction of sp³-hybridized carbons (Fsp3) is 0.333. The van der Waals surface area contributed by atoms with E-state index < -0.39 is 27.7 Å². The van der Waals surface area contributed by atoms with Crippen molar-refractivity contribution < 1.29 is 26.3 Å². The molecule has 1 atom stereocenters. The van der Waals surface area contributed by atoms with Crippen LogP contribution in [-0.4, -0.2) is 27.9 Å². The van der Waals surface area contributed by atoms with Crippen LogP contribution in [0.4, 0.5) is 13.2 Å². The van der Waals surface area contributed by atoms with Gasteiger partial charge in [-0.15, -0.1) is 13.2 Å². The predicted octanol–water partition coefficient (Wildman–Crippen LogP) is 3.14. The van der Waals surface area contributed by atoms with Crippen molar-refractivity contribution in [3.8, 4) is 5.75 Å². The van der Waals surface area contributed by atoms with Crippen LogP contribution in [0.2, 0.25) is 0 Å². The topological polar surface area (TPSA) is 67.4 Å². The van der Waals surface area contributed by atoms with Gasteiger partial charge < -0.3 is 10.1 Å². The van der Waals surface area contributed by atoms with Gasteiger partial charge in [-0.1, -0.05) is 30.3 Å². The third-order valence-corrected chi connectivity index (χ3v) is 5.92. The van der Waals surface area contributed by atoms with Gasteiger partial charge in [-0.25, -0.2) is 13.1 Å². The van der Waals surface area contributed by atoms with Gasteiger partial charge in [-0.2, -0.15) is 0 Å². The summed E-state index contributed by atoms with van der Waals surface area (Å²) in [6.07, 6.45) is -3.13. The molecule has 0 spiro atoms. The Morgan fingerprint density at radius 2 is 1.74 bits per heavy atom. The lowest BCUT2D eigenvalue weighted by atomic mass is 9.88. The van der Waals surface area contributed by atoms with E-state index in [4.69, 9.17) is 0 Å². The minimum Gasteiger partial charge on any atom is -0.406 e. The van der Waals surface area contributed by atoms with Crippen molar-refractivity contribution in [1.82, 2.24) is 10.0 Å². The fourth-order valence-corrected chi connectivity index (χ4v) is 4.28. The number of hydrogen-bond acceptors (Lipinski definition) is 4. The van der Waals surface area contributed by atoms with E-state index in [2.05, 4.69) is 14.8 Å². The maximum Gasteiger partial charge on any atom is 0.573 e. The molecule has 0 aliphatic carbocycles. The molecule has 1 fully saturated rings. The smallest absolute Gasteiger partial charge is 0.406 e. The second-order valence-corrected chi connectivity index (χ2v) is 8.09. The van der Waals surface area contributed by atoms with Crippen LogP contribution in [0.3, 0.4) is 0 Å². The van der Waals surface area contributed by atoms with E-state index in [1.165, 1.54) is 0 Å². The number of hydrogen-bond donors (Lipinski definition) is 2. The van der Waals surface area contributed by atoms with Crippen LogP contribution in [-0.2, 0) is 15.6 Å². The van der Waals surface area contributed by atoms with Gasteiger partial charge in [0, 0.05) is 6.54 Å². The Labute approximate surface area is 155 Å². The van der Waals surface area contributed by atoms with Gasteiger partial charge in [0.15, 0.2) is 0 Å². The van der Waals surface area contributed by atoms with Gasteiger partial charge in [0.1, 0.15) is 5.75 Å². The van der Waals surface area contributed by atoms with Gasteiger partial charge in [0.25, 0.3) is 0 Å². The highest BCUT2D eigenvalue weighted by Crippen LogP contribution is 2.31. The third-order valence-electron chi connectivity index (χ3n) is 4.50. The summed E-state index contributed by atoms with van der Waals surface area (Å²) in [5.74, 6) is -0.473. The Kier molecular flexibility index (Phi) is 5.45. The minimum atomic E-state index is -4.82. The van der Waals surface area contributed by atoms with Crippen LogP contribution in [0, 0.1) is 0 Å². The van der Waals surface area contributed by atoms with Gasteiger partial charge in [-0.3, -0.25) is 0 Å². The number of alkyl halides is 3. The molecule has 1 unspecified atom stereocenters. The van der Waals surface area contributed by atoms with Crippen LogP contribution in [0.15, 0.2) is 59.5 Å². The van der Waals surface area contributed by atoms with Crippen molar-refractivity contribution >= 4 is 10.0 Å². The Morgan fingerprint density at radius 1 is 1.07 bits per heavy atom. The van der Waals surface area contributed by atoms with Crippen molar-refractivity contribution in [3.05, 3.63) is 60.2 Å². The van der Waals surface area contributed by atoms with Crippen LogP contribution >= 0.6 is 0 Å². The average Bonchev–Trinajstić information content (AvgIpc) is 3.10.